The summed E-state index contributed by atoms with van der Waals surface area (Å²) in [6, 6.07) is 8.47. The van der Waals surface area contributed by atoms with Gasteiger partial charge in [0.15, 0.2) is 0 Å². The standard InChI is InChI=1S/C13H13N3S/c1-3-10-5-6-12(9-11(10)4-1)17-16-13-14-7-2-8-15-13/h2,5-9H,1,3-4H2,(H,14,15,16). The van der Waals surface area contributed by atoms with Crippen molar-refractivity contribution in [1.29, 1.82) is 0 Å². The first-order valence-electron chi connectivity index (χ1n) is 5.73. The summed E-state index contributed by atoms with van der Waals surface area (Å²) in [5, 5.41) is 0. The molecule has 0 saturated carbocycles. The predicted molar refractivity (Wildman–Crippen MR) is 70.0 cm³/mol. The number of anilines is 1. The Morgan fingerprint density at radius 3 is 2.76 bits per heavy atom. The first kappa shape index (κ1) is 10.6. The number of benzene rings is 1. The zero-order chi connectivity index (χ0) is 11.5. The normalized spacial score (nSPS) is 13.4. The van der Waals surface area contributed by atoms with Gasteiger partial charge in [0.1, 0.15) is 0 Å². The molecule has 1 aliphatic rings. The number of aromatic nitrogens is 2. The van der Waals surface area contributed by atoms with Crippen LogP contribution in [0.5, 0.6) is 0 Å². The van der Waals surface area contributed by atoms with Crippen LogP contribution < -0.4 is 4.72 Å². The Kier molecular flexibility index (Phi) is 2.96. The van der Waals surface area contributed by atoms with Gasteiger partial charge in [-0.2, -0.15) is 0 Å². The van der Waals surface area contributed by atoms with Crippen LogP contribution in [0.2, 0.25) is 0 Å². The molecule has 1 aromatic heterocycles. The van der Waals surface area contributed by atoms with E-state index in [4.69, 9.17) is 0 Å². The van der Waals surface area contributed by atoms with E-state index in [0.29, 0.717) is 5.95 Å². The van der Waals surface area contributed by atoms with Crippen molar-refractivity contribution >= 4 is 17.9 Å². The monoisotopic (exact) mass is 243 g/mol. The third-order valence-corrected chi connectivity index (χ3v) is 3.67. The summed E-state index contributed by atoms with van der Waals surface area (Å²) in [6.07, 6.45) is 7.21. The number of nitrogens with zero attached hydrogens (tertiary/aromatic N) is 2. The van der Waals surface area contributed by atoms with Gasteiger partial charge in [0.05, 0.1) is 0 Å². The third-order valence-electron chi connectivity index (χ3n) is 2.90. The fraction of sp³-hybridized carbons (Fsp3) is 0.231. The van der Waals surface area contributed by atoms with Crippen LogP contribution in [-0.2, 0) is 12.8 Å². The lowest BCUT2D eigenvalue weighted by atomic mass is 10.1. The first-order valence-corrected chi connectivity index (χ1v) is 6.55. The first-order chi connectivity index (χ1) is 8.42. The van der Waals surface area contributed by atoms with Crippen molar-refractivity contribution in [2.45, 2.75) is 24.2 Å². The lowest BCUT2D eigenvalue weighted by Crippen LogP contribution is -1.93. The molecule has 0 spiro atoms. The minimum absolute atomic E-state index is 0.651. The van der Waals surface area contributed by atoms with E-state index in [2.05, 4.69) is 32.9 Å². The minimum Gasteiger partial charge on any atom is -0.294 e. The van der Waals surface area contributed by atoms with Crippen molar-refractivity contribution < 1.29 is 0 Å². The Labute approximate surface area is 105 Å². The summed E-state index contributed by atoms with van der Waals surface area (Å²) in [7, 11) is 0. The highest BCUT2D eigenvalue weighted by Gasteiger charge is 2.10. The number of hydrogen-bond donors (Lipinski definition) is 1. The number of fused-ring (bicyclic) bond motifs is 1. The molecule has 0 fully saturated rings. The van der Waals surface area contributed by atoms with Gasteiger partial charge in [0.2, 0.25) is 5.95 Å². The summed E-state index contributed by atoms with van der Waals surface area (Å²) in [5.74, 6) is 0.651. The highest BCUT2D eigenvalue weighted by molar-refractivity contribution is 8.00. The number of rotatable bonds is 3. The van der Waals surface area contributed by atoms with Crippen LogP contribution in [0.4, 0.5) is 5.95 Å². The SMILES string of the molecule is c1cnc(NSc2ccc3c(c2)CCC3)nc1. The van der Waals surface area contributed by atoms with Gasteiger partial charge >= 0.3 is 0 Å². The molecule has 3 rings (SSSR count). The van der Waals surface area contributed by atoms with Gasteiger partial charge in [0.25, 0.3) is 0 Å². The highest BCUT2D eigenvalue weighted by atomic mass is 32.2. The van der Waals surface area contributed by atoms with Gasteiger partial charge in [-0.15, -0.1) is 0 Å². The van der Waals surface area contributed by atoms with Crippen molar-refractivity contribution in [3.63, 3.8) is 0 Å². The fourth-order valence-corrected chi connectivity index (χ4v) is 2.72. The largest absolute Gasteiger partial charge is 0.294 e. The molecule has 1 N–H and O–H groups in total. The summed E-state index contributed by atoms with van der Waals surface area (Å²) in [6.45, 7) is 0. The van der Waals surface area contributed by atoms with E-state index in [1.165, 1.54) is 35.3 Å². The fourth-order valence-electron chi connectivity index (χ4n) is 2.07. The maximum atomic E-state index is 4.12. The summed E-state index contributed by atoms with van der Waals surface area (Å²) in [5.41, 5.74) is 3.00. The second-order valence-electron chi connectivity index (χ2n) is 4.06. The van der Waals surface area contributed by atoms with Gasteiger partial charge in [0, 0.05) is 17.3 Å². The van der Waals surface area contributed by atoms with Gasteiger partial charge in [-0.1, -0.05) is 6.07 Å². The zero-order valence-electron chi connectivity index (χ0n) is 9.39. The molecular formula is C13H13N3S. The van der Waals surface area contributed by atoms with Crippen molar-refractivity contribution in [2.75, 3.05) is 4.72 Å². The van der Waals surface area contributed by atoms with Crippen LogP contribution in [0.25, 0.3) is 0 Å². The molecule has 2 aromatic rings. The molecule has 86 valence electrons. The van der Waals surface area contributed by atoms with Crippen LogP contribution >= 0.6 is 11.9 Å². The Morgan fingerprint density at radius 1 is 1.06 bits per heavy atom. The molecular weight excluding hydrogens is 230 g/mol. The summed E-state index contributed by atoms with van der Waals surface area (Å²) in [4.78, 5) is 9.47. The predicted octanol–water partition coefficient (Wildman–Crippen LogP) is 3.08. The number of nitrogens with one attached hydrogen (secondary N) is 1. The van der Waals surface area contributed by atoms with Crippen LogP contribution in [-0.4, -0.2) is 9.97 Å². The van der Waals surface area contributed by atoms with Crippen molar-refractivity contribution in [2.24, 2.45) is 0 Å². The smallest absolute Gasteiger partial charge is 0.233 e. The Bertz CT molecular complexity index is 513. The Balaban J connectivity index is 1.70. The molecule has 4 heteroatoms. The Hall–Kier alpha value is -1.55. The summed E-state index contributed by atoms with van der Waals surface area (Å²) < 4.78 is 3.15. The van der Waals surface area contributed by atoms with Crippen molar-refractivity contribution in [3.05, 3.63) is 47.8 Å². The van der Waals surface area contributed by atoms with E-state index in [1.54, 1.807) is 24.3 Å². The molecule has 0 radical (unpaired) electrons. The molecule has 0 unspecified atom stereocenters. The van der Waals surface area contributed by atoms with E-state index in [0.717, 1.165) is 0 Å². The zero-order valence-corrected chi connectivity index (χ0v) is 10.2. The second kappa shape index (κ2) is 4.75. The summed E-state index contributed by atoms with van der Waals surface area (Å²) >= 11 is 1.56. The molecule has 17 heavy (non-hydrogen) atoms. The minimum atomic E-state index is 0.651. The molecule has 0 amide bonds. The lowest BCUT2D eigenvalue weighted by molar-refractivity contribution is 0.911. The van der Waals surface area contributed by atoms with Gasteiger partial charge < -0.3 is 0 Å². The average molecular weight is 243 g/mol. The molecule has 1 heterocycles. The van der Waals surface area contributed by atoms with E-state index in [-0.39, 0.29) is 0 Å². The van der Waals surface area contributed by atoms with Crippen LogP contribution in [0, 0.1) is 0 Å². The van der Waals surface area contributed by atoms with Crippen LogP contribution in [0.3, 0.4) is 0 Å². The molecule has 3 nitrogen and oxygen atoms in total. The van der Waals surface area contributed by atoms with E-state index in [1.807, 2.05) is 6.07 Å². The third kappa shape index (κ3) is 2.42. The second-order valence-corrected chi connectivity index (χ2v) is 4.94. The lowest BCUT2D eigenvalue weighted by Gasteiger charge is -2.05. The average Bonchev–Trinajstić information content (AvgIpc) is 2.85. The van der Waals surface area contributed by atoms with Crippen LogP contribution in [0.1, 0.15) is 17.5 Å². The van der Waals surface area contributed by atoms with Crippen LogP contribution in [0.15, 0.2) is 41.6 Å². The van der Waals surface area contributed by atoms with Gasteiger partial charge in [-0.05, 0) is 60.5 Å². The van der Waals surface area contributed by atoms with E-state index < -0.39 is 0 Å². The topological polar surface area (TPSA) is 37.8 Å². The highest BCUT2D eigenvalue weighted by Crippen LogP contribution is 2.27. The van der Waals surface area contributed by atoms with E-state index >= 15 is 0 Å². The molecule has 0 saturated heterocycles. The maximum Gasteiger partial charge on any atom is 0.233 e. The Morgan fingerprint density at radius 2 is 1.88 bits per heavy atom. The number of hydrogen-bond acceptors (Lipinski definition) is 4. The van der Waals surface area contributed by atoms with Gasteiger partial charge in [-0.3, -0.25) is 4.72 Å². The molecule has 0 bridgehead atoms. The van der Waals surface area contributed by atoms with Crippen molar-refractivity contribution in [3.8, 4) is 0 Å². The molecule has 0 aliphatic heterocycles. The van der Waals surface area contributed by atoms with E-state index in [9.17, 15) is 0 Å². The van der Waals surface area contributed by atoms with Gasteiger partial charge in [-0.25, -0.2) is 9.97 Å². The quantitative estimate of drug-likeness (QED) is 0.841. The van der Waals surface area contributed by atoms with Crippen molar-refractivity contribution in [1.82, 2.24) is 9.97 Å². The maximum absolute atomic E-state index is 4.12. The number of aryl methyl sites for hydroxylation is 2. The molecule has 0 atom stereocenters. The molecule has 1 aromatic carbocycles. The molecule has 1 aliphatic carbocycles.